The summed E-state index contributed by atoms with van der Waals surface area (Å²) in [5.41, 5.74) is 1.31. The lowest BCUT2D eigenvalue weighted by Crippen LogP contribution is -2.42. The van der Waals surface area contributed by atoms with Crippen LogP contribution >= 0.6 is 0 Å². The lowest BCUT2D eigenvalue weighted by Gasteiger charge is -2.36. The van der Waals surface area contributed by atoms with Crippen molar-refractivity contribution in [2.75, 3.05) is 0 Å². The van der Waals surface area contributed by atoms with Crippen molar-refractivity contribution < 1.29 is 34.0 Å². The fourth-order valence-electron chi connectivity index (χ4n) is 4.03. The molecule has 2 aromatic carbocycles. The molecule has 2 aliphatic rings. The van der Waals surface area contributed by atoms with Gasteiger partial charge >= 0.3 is 11.9 Å². The second kappa shape index (κ2) is 10.6. The third kappa shape index (κ3) is 5.57. The summed E-state index contributed by atoms with van der Waals surface area (Å²) in [6, 6.07) is 18.1. The van der Waals surface area contributed by atoms with Crippen LogP contribution in [0.5, 0.6) is 0 Å². The minimum Gasteiger partial charge on any atom is -0.456 e. The summed E-state index contributed by atoms with van der Waals surface area (Å²) in [5, 5.41) is 22.4. The average molecular weight is 450 g/mol. The first-order valence-corrected chi connectivity index (χ1v) is 10.9. The molecular formula is C26H26O7. The van der Waals surface area contributed by atoms with Crippen LogP contribution < -0.4 is 0 Å². The van der Waals surface area contributed by atoms with E-state index in [0.717, 1.165) is 0 Å². The molecule has 2 aromatic rings. The minimum absolute atomic E-state index is 0.336. The maximum absolute atomic E-state index is 11.8. The molecule has 33 heavy (non-hydrogen) atoms. The Balaban J connectivity index is 1.66. The standard InChI is InChI=1S/C26H26O7/c27-21-15-7-13-19(31-21)23(29)25(17-9-3-1-4-10-17)33-26(18-11-5-2-6-12-18)24(30)20-14-8-16-22(28)32-20/h1-12,15-16,19-20,23-26,29-30H,13-14H2/t19-,20-,23-,24-,25-,26+/m0/s1. The van der Waals surface area contributed by atoms with Crippen molar-refractivity contribution >= 4 is 11.9 Å². The molecule has 0 spiro atoms. The Kier molecular flexibility index (Phi) is 7.34. The van der Waals surface area contributed by atoms with Gasteiger partial charge in [-0.15, -0.1) is 0 Å². The van der Waals surface area contributed by atoms with Crippen LogP contribution in [-0.2, 0) is 23.8 Å². The predicted octanol–water partition coefficient (Wildman–Crippen LogP) is 2.95. The van der Waals surface area contributed by atoms with Crippen molar-refractivity contribution in [2.45, 2.75) is 49.5 Å². The molecule has 2 aliphatic heterocycles. The highest BCUT2D eigenvalue weighted by Crippen LogP contribution is 2.36. The minimum atomic E-state index is -1.20. The maximum atomic E-state index is 11.8. The summed E-state index contributed by atoms with van der Waals surface area (Å²) in [6.45, 7) is 0. The van der Waals surface area contributed by atoms with Gasteiger partial charge in [-0.05, 0) is 11.1 Å². The van der Waals surface area contributed by atoms with Crippen molar-refractivity contribution in [3.63, 3.8) is 0 Å². The molecule has 0 saturated carbocycles. The first kappa shape index (κ1) is 22.9. The van der Waals surface area contributed by atoms with E-state index < -0.39 is 48.6 Å². The van der Waals surface area contributed by atoms with Crippen molar-refractivity contribution in [3.8, 4) is 0 Å². The number of ether oxygens (including phenoxy) is 3. The summed E-state index contributed by atoms with van der Waals surface area (Å²) < 4.78 is 17.1. The molecule has 2 N–H and O–H groups in total. The molecule has 0 bridgehead atoms. The van der Waals surface area contributed by atoms with Gasteiger partial charge in [0.1, 0.15) is 36.6 Å². The highest BCUT2D eigenvalue weighted by atomic mass is 16.6. The van der Waals surface area contributed by atoms with Crippen LogP contribution in [0.15, 0.2) is 85.0 Å². The molecule has 0 aromatic heterocycles. The number of aliphatic hydroxyl groups is 2. The Morgan fingerprint density at radius 1 is 0.697 bits per heavy atom. The Morgan fingerprint density at radius 3 is 1.45 bits per heavy atom. The molecule has 0 saturated heterocycles. The Morgan fingerprint density at radius 2 is 1.09 bits per heavy atom. The van der Waals surface area contributed by atoms with Gasteiger partial charge in [-0.3, -0.25) is 0 Å². The number of carbonyl (C=O) groups excluding carboxylic acids is 2. The van der Waals surface area contributed by atoms with Crippen molar-refractivity contribution in [3.05, 3.63) is 96.1 Å². The number of benzene rings is 2. The zero-order valence-corrected chi connectivity index (χ0v) is 17.9. The molecule has 0 unspecified atom stereocenters. The number of aliphatic hydroxyl groups excluding tert-OH is 2. The van der Waals surface area contributed by atoms with Crippen LogP contribution in [0.4, 0.5) is 0 Å². The van der Waals surface area contributed by atoms with Crippen molar-refractivity contribution in [2.24, 2.45) is 0 Å². The fourth-order valence-corrected chi connectivity index (χ4v) is 4.03. The Labute approximate surface area is 191 Å². The number of carbonyl (C=O) groups is 2. The van der Waals surface area contributed by atoms with E-state index in [0.29, 0.717) is 24.0 Å². The van der Waals surface area contributed by atoms with Gasteiger partial charge in [-0.1, -0.05) is 72.8 Å². The second-order valence-electron chi connectivity index (χ2n) is 8.01. The number of hydrogen-bond acceptors (Lipinski definition) is 7. The average Bonchev–Trinajstić information content (AvgIpc) is 2.85. The van der Waals surface area contributed by atoms with E-state index in [4.69, 9.17) is 14.2 Å². The SMILES string of the molecule is O=C1C=CC[C@@H]([C@H](O)[C@H](O[C@@H](c2ccccc2)[C@@H](O)[C@@H]2CC=CC(=O)O2)c2ccccc2)O1. The molecule has 0 aliphatic carbocycles. The molecule has 172 valence electrons. The van der Waals surface area contributed by atoms with Gasteiger partial charge in [0.25, 0.3) is 0 Å². The molecule has 2 heterocycles. The van der Waals surface area contributed by atoms with Crippen molar-refractivity contribution in [1.82, 2.24) is 0 Å². The van der Waals surface area contributed by atoms with E-state index in [9.17, 15) is 19.8 Å². The number of cyclic esters (lactones) is 2. The largest absolute Gasteiger partial charge is 0.456 e. The van der Waals surface area contributed by atoms with Crippen molar-refractivity contribution in [1.29, 1.82) is 0 Å². The van der Waals surface area contributed by atoms with E-state index in [-0.39, 0.29) is 0 Å². The maximum Gasteiger partial charge on any atom is 0.330 e. The zero-order chi connectivity index (χ0) is 23.2. The number of esters is 2. The summed E-state index contributed by atoms with van der Waals surface area (Å²) in [5.74, 6) is -1.06. The molecule has 0 radical (unpaired) electrons. The van der Waals surface area contributed by atoms with Gasteiger partial charge in [0, 0.05) is 25.0 Å². The van der Waals surface area contributed by atoms with Gasteiger partial charge in [0.2, 0.25) is 0 Å². The van der Waals surface area contributed by atoms with Crippen LogP contribution in [0, 0.1) is 0 Å². The molecule has 6 atom stereocenters. The van der Waals surface area contributed by atoms with Gasteiger partial charge < -0.3 is 24.4 Å². The second-order valence-corrected chi connectivity index (χ2v) is 8.01. The molecular weight excluding hydrogens is 424 g/mol. The summed E-state index contributed by atoms with van der Waals surface area (Å²) in [7, 11) is 0. The van der Waals surface area contributed by atoms with Gasteiger partial charge in [-0.25, -0.2) is 9.59 Å². The van der Waals surface area contributed by atoms with Crippen LogP contribution in [0.3, 0.4) is 0 Å². The lowest BCUT2D eigenvalue weighted by molar-refractivity contribution is -0.184. The van der Waals surface area contributed by atoms with E-state index in [2.05, 4.69) is 0 Å². The van der Waals surface area contributed by atoms with Gasteiger partial charge in [0.15, 0.2) is 0 Å². The fraction of sp³-hybridized carbons (Fsp3) is 0.308. The van der Waals surface area contributed by atoms with Gasteiger partial charge in [-0.2, -0.15) is 0 Å². The first-order valence-electron chi connectivity index (χ1n) is 10.9. The molecule has 0 fully saturated rings. The normalized spacial score (nSPS) is 23.8. The van der Waals surface area contributed by atoms with Crippen LogP contribution in [-0.4, -0.2) is 46.6 Å². The Hall–Kier alpha value is -3.26. The summed E-state index contributed by atoms with van der Waals surface area (Å²) in [6.07, 6.45) is 0.752. The first-order chi connectivity index (χ1) is 16.0. The lowest BCUT2D eigenvalue weighted by atomic mass is 9.94. The third-order valence-corrected chi connectivity index (χ3v) is 5.71. The van der Waals surface area contributed by atoms with Crippen LogP contribution in [0.2, 0.25) is 0 Å². The number of rotatable bonds is 8. The predicted molar refractivity (Wildman–Crippen MR) is 119 cm³/mol. The van der Waals surface area contributed by atoms with E-state index in [1.165, 1.54) is 12.2 Å². The van der Waals surface area contributed by atoms with E-state index in [1.807, 2.05) is 36.4 Å². The zero-order valence-electron chi connectivity index (χ0n) is 17.9. The summed E-state index contributed by atoms with van der Waals surface area (Å²) >= 11 is 0. The highest BCUT2D eigenvalue weighted by molar-refractivity contribution is 5.83. The molecule has 7 heteroatoms. The quantitative estimate of drug-likeness (QED) is 0.596. The molecule has 4 rings (SSSR count). The topological polar surface area (TPSA) is 102 Å². The van der Waals surface area contributed by atoms with Gasteiger partial charge in [0.05, 0.1) is 0 Å². The van der Waals surface area contributed by atoms with Crippen LogP contribution in [0.1, 0.15) is 36.2 Å². The van der Waals surface area contributed by atoms with E-state index >= 15 is 0 Å². The highest BCUT2D eigenvalue weighted by Gasteiger charge is 2.39. The summed E-state index contributed by atoms with van der Waals surface area (Å²) in [4.78, 5) is 23.5. The monoisotopic (exact) mass is 450 g/mol. The third-order valence-electron chi connectivity index (χ3n) is 5.71. The van der Waals surface area contributed by atoms with Crippen LogP contribution in [0.25, 0.3) is 0 Å². The smallest absolute Gasteiger partial charge is 0.330 e. The van der Waals surface area contributed by atoms with E-state index in [1.54, 1.807) is 36.4 Å². The molecule has 7 nitrogen and oxygen atoms in total. The number of hydrogen-bond donors (Lipinski definition) is 2. The molecule has 0 amide bonds. The Bertz CT molecular complexity index is 920.